The van der Waals surface area contributed by atoms with Crippen molar-refractivity contribution in [2.45, 2.75) is 38.5 Å². The van der Waals surface area contributed by atoms with Crippen LogP contribution in [0.3, 0.4) is 0 Å². The molecule has 0 saturated heterocycles. The molecule has 0 radical (unpaired) electrons. The third-order valence-electron chi connectivity index (χ3n) is 7.16. The zero-order valence-corrected chi connectivity index (χ0v) is 19.9. The molecule has 2 aromatic heterocycles. The van der Waals surface area contributed by atoms with E-state index in [1.54, 1.807) is 4.57 Å². The van der Waals surface area contributed by atoms with Crippen LogP contribution in [0.5, 0.6) is 5.75 Å². The minimum Gasteiger partial charge on any atom is -0.494 e. The van der Waals surface area contributed by atoms with Crippen molar-refractivity contribution in [3.05, 3.63) is 87.7 Å². The Bertz CT molecular complexity index is 1550. The molecule has 4 aromatic rings. The number of fused-ring (bicyclic) bond motifs is 2. The molecule has 1 aliphatic heterocycles. The predicted molar refractivity (Wildman–Crippen MR) is 134 cm³/mol. The first-order valence-corrected chi connectivity index (χ1v) is 12.1. The Morgan fingerprint density at radius 1 is 1.14 bits per heavy atom. The van der Waals surface area contributed by atoms with Gasteiger partial charge >= 0.3 is 5.97 Å². The van der Waals surface area contributed by atoms with Crippen molar-refractivity contribution in [3.63, 3.8) is 0 Å². The van der Waals surface area contributed by atoms with Crippen LogP contribution in [-0.2, 0) is 19.6 Å². The Hall–Kier alpha value is -3.91. The average molecular weight is 488 g/mol. The number of hydrogen-bond donors (Lipinski definition) is 1. The lowest BCUT2D eigenvalue weighted by molar-refractivity contribution is 0.0694. The van der Waals surface area contributed by atoms with E-state index in [-0.39, 0.29) is 22.7 Å². The molecule has 184 valence electrons. The van der Waals surface area contributed by atoms with E-state index in [1.165, 1.54) is 24.9 Å². The van der Waals surface area contributed by atoms with E-state index in [1.807, 2.05) is 30.5 Å². The van der Waals surface area contributed by atoms with Crippen LogP contribution in [0.1, 0.15) is 40.5 Å². The number of carbonyl (C=O) groups is 1. The third kappa shape index (κ3) is 3.78. The number of methoxy groups -OCH3 is 1. The molecule has 0 unspecified atom stereocenters. The van der Waals surface area contributed by atoms with Gasteiger partial charge in [0.1, 0.15) is 11.4 Å². The molecule has 1 aliphatic carbocycles. The van der Waals surface area contributed by atoms with Crippen molar-refractivity contribution in [1.82, 2.24) is 14.0 Å². The lowest BCUT2D eigenvalue weighted by Crippen LogP contribution is -2.32. The Morgan fingerprint density at radius 2 is 1.92 bits per heavy atom. The number of rotatable bonds is 6. The largest absolute Gasteiger partial charge is 0.494 e. The molecule has 2 aromatic carbocycles. The number of benzene rings is 2. The molecule has 0 amide bonds. The second kappa shape index (κ2) is 8.64. The van der Waals surface area contributed by atoms with E-state index in [9.17, 15) is 14.7 Å². The molecule has 1 N–H and O–H groups in total. The SMILES string of the molecule is COc1c(-c2cc3n(c2)CCN(Cc2ccccc2)C3)c(F)cc2c(=O)c(C(=O)O)cn(C3CC3)c12. The molecule has 0 spiro atoms. The summed E-state index contributed by atoms with van der Waals surface area (Å²) in [6.45, 7) is 3.25. The maximum Gasteiger partial charge on any atom is 0.341 e. The maximum absolute atomic E-state index is 15.6. The lowest BCUT2D eigenvalue weighted by atomic mass is 10.0. The van der Waals surface area contributed by atoms with E-state index in [0.717, 1.165) is 44.7 Å². The maximum atomic E-state index is 15.6. The first kappa shape index (κ1) is 22.5. The number of pyridine rings is 1. The van der Waals surface area contributed by atoms with Gasteiger partial charge in [0.05, 0.1) is 23.6 Å². The summed E-state index contributed by atoms with van der Waals surface area (Å²) in [5.41, 5.74) is 2.68. The van der Waals surface area contributed by atoms with Crippen molar-refractivity contribution >= 4 is 16.9 Å². The second-order valence-corrected chi connectivity index (χ2v) is 9.59. The van der Waals surface area contributed by atoms with Gasteiger partial charge in [-0.2, -0.15) is 0 Å². The van der Waals surface area contributed by atoms with Crippen LogP contribution in [-0.4, -0.2) is 38.8 Å². The van der Waals surface area contributed by atoms with Gasteiger partial charge in [0, 0.05) is 55.9 Å². The quantitative estimate of drug-likeness (QED) is 0.428. The molecule has 36 heavy (non-hydrogen) atoms. The number of aromatic nitrogens is 2. The standard InChI is InChI=1S/C28H26FN3O4/c1-36-27-24(18-11-20-15-30(9-10-31(20)14-18)13-17-5-3-2-4-6-17)23(29)12-21-25(27)32(19-7-8-19)16-22(26(21)33)28(34)35/h2-6,11-12,14,16,19H,7-10,13,15H2,1H3,(H,34,35). The van der Waals surface area contributed by atoms with Gasteiger partial charge in [-0.1, -0.05) is 30.3 Å². The topological polar surface area (TPSA) is 76.7 Å². The van der Waals surface area contributed by atoms with E-state index >= 15 is 4.39 Å². The first-order chi connectivity index (χ1) is 17.4. The van der Waals surface area contributed by atoms with Crippen LogP contribution >= 0.6 is 0 Å². The average Bonchev–Trinajstić information content (AvgIpc) is 3.63. The Balaban J connectivity index is 1.45. The highest BCUT2D eigenvalue weighted by Gasteiger charge is 2.31. The van der Waals surface area contributed by atoms with Crippen LogP contribution in [0.15, 0.2) is 59.7 Å². The summed E-state index contributed by atoms with van der Waals surface area (Å²) in [4.78, 5) is 27.0. The predicted octanol–water partition coefficient (Wildman–Crippen LogP) is 4.67. The zero-order chi connectivity index (χ0) is 25.0. The number of nitrogens with zero attached hydrogens (tertiary/aromatic N) is 3. The minimum atomic E-state index is -1.32. The number of carboxylic acid groups (broad SMARTS) is 1. The molecular weight excluding hydrogens is 461 g/mol. The van der Waals surface area contributed by atoms with Crippen molar-refractivity contribution < 1.29 is 19.0 Å². The number of hydrogen-bond acceptors (Lipinski definition) is 4. The molecule has 7 nitrogen and oxygen atoms in total. The molecule has 0 atom stereocenters. The summed E-state index contributed by atoms with van der Waals surface area (Å²) in [5, 5.41) is 9.57. The summed E-state index contributed by atoms with van der Waals surface area (Å²) < 4.78 is 25.3. The molecule has 1 fully saturated rings. The summed E-state index contributed by atoms with van der Waals surface area (Å²) in [5.74, 6) is -1.67. The van der Waals surface area contributed by atoms with Gasteiger partial charge in [-0.25, -0.2) is 9.18 Å². The minimum absolute atomic E-state index is 0.0258. The van der Waals surface area contributed by atoms with E-state index in [2.05, 4.69) is 21.6 Å². The van der Waals surface area contributed by atoms with Gasteiger partial charge < -0.3 is 19.0 Å². The zero-order valence-electron chi connectivity index (χ0n) is 19.9. The van der Waals surface area contributed by atoms with Crippen molar-refractivity contribution in [2.75, 3.05) is 13.7 Å². The van der Waals surface area contributed by atoms with Crippen LogP contribution in [0.4, 0.5) is 4.39 Å². The fourth-order valence-electron chi connectivity index (χ4n) is 5.28. The molecule has 1 saturated carbocycles. The summed E-state index contributed by atoms with van der Waals surface area (Å²) in [6, 6.07) is 13.5. The number of ether oxygens (including phenoxy) is 1. The highest BCUT2D eigenvalue weighted by atomic mass is 19.1. The van der Waals surface area contributed by atoms with Crippen molar-refractivity contribution in [1.29, 1.82) is 0 Å². The number of carboxylic acids is 1. The van der Waals surface area contributed by atoms with Gasteiger partial charge in [0.2, 0.25) is 5.43 Å². The van der Waals surface area contributed by atoms with Gasteiger partial charge in [0.25, 0.3) is 0 Å². The molecule has 8 heteroatoms. The fraction of sp³-hybridized carbons (Fsp3) is 0.286. The Morgan fingerprint density at radius 3 is 2.61 bits per heavy atom. The summed E-state index contributed by atoms with van der Waals surface area (Å²) in [7, 11) is 1.46. The molecule has 2 aliphatic rings. The van der Waals surface area contributed by atoms with Crippen molar-refractivity contribution in [3.8, 4) is 16.9 Å². The Kier molecular flexibility index (Phi) is 5.41. The van der Waals surface area contributed by atoms with Gasteiger partial charge in [0.15, 0.2) is 5.75 Å². The third-order valence-corrected chi connectivity index (χ3v) is 7.16. The van der Waals surface area contributed by atoms with E-state index < -0.39 is 17.2 Å². The second-order valence-electron chi connectivity index (χ2n) is 9.59. The molecule has 3 heterocycles. The van der Waals surface area contributed by atoms with Gasteiger partial charge in [-0.3, -0.25) is 9.69 Å². The molecule has 6 rings (SSSR count). The van der Waals surface area contributed by atoms with Crippen molar-refractivity contribution in [2.24, 2.45) is 0 Å². The number of aromatic carboxylic acids is 1. The van der Waals surface area contributed by atoms with E-state index in [0.29, 0.717) is 16.6 Å². The van der Waals surface area contributed by atoms with Gasteiger partial charge in [-0.15, -0.1) is 0 Å². The van der Waals surface area contributed by atoms with Crippen LogP contribution in [0.25, 0.3) is 22.0 Å². The van der Waals surface area contributed by atoms with E-state index in [4.69, 9.17) is 4.74 Å². The van der Waals surface area contributed by atoms with Crippen LogP contribution < -0.4 is 10.2 Å². The fourth-order valence-corrected chi connectivity index (χ4v) is 5.28. The monoisotopic (exact) mass is 487 g/mol. The highest BCUT2D eigenvalue weighted by molar-refractivity contribution is 5.98. The summed E-state index contributed by atoms with van der Waals surface area (Å²) >= 11 is 0. The smallest absolute Gasteiger partial charge is 0.341 e. The van der Waals surface area contributed by atoms with Crippen LogP contribution in [0.2, 0.25) is 0 Å². The van der Waals surface area contributed by atoms with Crippen LogP contribution in [0, 0.1) is 5.82 Å². The molecular formula is C28H26FN3O4. The van der Waals surface area contributed by atoms with Gasteiger partial charge in [-0.05, 0) is 30.5 Å². The molecule has 0 bridgehead atoms. The summed E-state index contributed by atoms with van der Waals surface area (Å²) in [6.07, 6.45) is 5.05. The number of halogens is 1. The Labute approximate surface area is 207 Å². The highest BCUT2D eigenvalue weighted by Crippen LogP contribution is 2.44. The lowest BCUT2D eigenvalue weighted by Gasteiger charge is -2.28. The normalized spacial score (nSPS) is 15.7. The first-order valence-electron chi connectivity index (χ1n) is 12.1.